The largest absolute Gasteiger partial charge is 0.342 e. The van der Waals surface area contributed by atoms with Gasteiger partial charge in [-0.25, -0.2) is 0 Å². The van der Waals surface area contributed by atoms with Gasteiger partial charge in [-0.2, -0.15) is 0 Å². The number of hydrogen-bond acceptors (Lipinski definition) is 3. The van der Waals surface area contributed by atoms with Crippen molar-refractivity contribution in [2.75, 3.05) is 45.8 Å². The number of rotatable bonds is 3. The molecule has 0 aromatic heterocycles. The van der Waals surface area contributed by atoms with Gasteiger partial charge in [0, 0.05) is 49.3 Å². The van der Waals surface area contributed by atoms with E-state index in [1.807, 2.05) is 34.1 Å². The normalized spacial score (nSPS) is 19.4. The van der Waals surface area contributed by atoms with Crippen LogP contribution in [0.15, 0.2) is 28.7 Å². The van der Waals surface area contributed by atoms with Gasteiger partial charge >= 0.3 is 0 Å². The Morgan fingerprint density at radius 2 is 1.50 bits per heavy atom. The maximum Gasteiger partial charge on any atom is 0.253 e. The van der Waals surface area contributed by atoms with Crippen molar-refractivity contribution < 1.29 is 9.59 Å². The maximum absolute atomic E-state index is 12.6. The summed E-state index contributed by atoms with van der Waals surface area (Å²) in [4.78, 5) is 31.0. The molecule has 0 atom stereocenters. The summed E-state index contributed by atoms with van der Waals surface area (Å²) in [5.74, 6) is 0.315. The topological polar surface area (TPSA) is 43.9 Å². The van der Waals surface area contributed by atoms with E-state index in [-0.39, 0.29) is 11.8 Å². The average Bonchev–Trinajstić information content (AvgIpc) is 3.03. The number of halogens is 1. The third-order valence-corrected chi connectivity index (χ3v) is 5.31. The monoisotopic (exact) mass is 393 g/mol. The van der Waals surface area contributed by atoms with Gasteiger partial charge in [-0.15, -0.1) is 0 Å². The minimum atomic E-state index is 0.0789. The molecule has 0 aliphatic carbocycles. The third-order valence-electron chi connectivity index (χ3n) is 4.78. The van der Waals surface area contributed by atoms with Crippen molar-refractivity contribution in [1.82, 2.24) is 14.7 Å². The van der Waals surface area contributed by atoms with Crippen LogP contribution in [0.1, 0.15) is 29.6 Å². The number of carbonyl (C=O) groups excluding carboxylic acids is 2. The highest BCUT2D eigenvalue weighted by Crippen LogP contribution is 2.14. The molecule has 3 rings (SSSR count). The molecule has 24 heavy (non-hydrogen) atoms. The zero-order chi connectivity index (χ0) is 16.9. The van der Waals surface area contributed by atoms with E-state index in [0.717, 1.165) is 62.0 Å². The van der Waals surface area contributed by atoms with Crippen LogP contribution >= 0.6 is 15.9 Å². The molecule has 0 unspecified atom stereocenters. The highest BCUT2D eigenvalue weighted by molar-refractivity contribution is 9.10. The minimum Gasteiger partial charge on any atom is -0.342 e. The van der Waals surface area contributed by atoms with E-state index >= 15 is 0 Å². The van der Waals surface area contributed by atoms with E-state index in [9.17, 15) is 9.59 Å². The molecule has 2 fully saturated rings. The predicted molar refractivity (Wildman–Crippen MR) is 96.9 cm³/mol. The second-order valence-electron chi connectivity index (χ2n) is 6.52. The standard InChI is InChI=1S/C18H24BrN3O2/c19-16-6-4-15(5-7-16)18(24)22-11-3-8-20(12-13-22)14-17(23)21-9-1-2-10-21/h4-7H,1-3,8-14H2. The van der Waals surface area contributed by atoms with Gasteiger partial charge in [-0.1, -0.05) is 15.9 Å². The summed E-state index contributed by atoms with van der Waals surface area (Å²) in [5.41, 5.74) is 0.722. The Labute approximate surface area is 151 Å². The molecule has 0 radical (unpaired) electrons. The Morgan fingerprint density at radius 3 is 2.21 bits per heavy atom. The van der Waals surface area contributed by atoms with Crippen molar-refractivity contribution in [3.8, 4) is 0 Å². The zero-order valence-corrected chi connectivity index (χ0v) is 15.5. The molecule has 2 amide bonds. The first-order valence-corrected chi connectivity index (χ1v) is 9.48. The highest BCUT2D eigenvalue weighted by atomic mass is 79.9. The van der Waals surface area contributed by atoms with Gasteiger partial charge < -0.3 is 9.80 Å². The van der Waals surface area contributed by atoms with Crippen LogP contribution < -0.4 is 0 Å². The summed E-state index contributed by atoms with van der Waals surface area (Å²) in [6.45, 7) is 5.37. The van der Waals surface area contributed by atoms with Crippen LogP contribution in [0.5, 0.6) is 0 Å². The lowest BCUT2D eigenvalue weighted by molar-refractivity contribution is -0.131. The summed E-state index contributed by atoms with van der Waals surface area (Å²) < 4.78 is 0.974. The van der Waals surface area contributed by atoms with Crippen LogP contribution in [0.4, 0.5) is 0 Å². The Bertz CT molecular complexity index is 584. The van der Waals surface area contributed by atoms with Gasteiger partial charge in [0.2, 0.25) is 5.91 Å². The number of benzene rings is 1. The summed E-state index contributed by atoms with van der Waals surface area (Å²) in [6, 6.07) is 7.50. The number of carbonyl (C=O) groups is 2. The van der Waals surface area contributed by atoms with Gasteiger partial charge in [0.05, 0.1) is 6.54 Å². The van der Waals surface area contributed by atoms with E-state index in [4.69, 9.17) is 0 Å². The molecule has 2 aliphatic heterocycles. The molecule has 0 spiro atoms. The highest BCUT2D eigenvalue weighted by Gasteiger charge is 2.24. The van der Waals surface area contributed by atoms with Crippen molar-refractivity contribution in [3.63, 3.8) is 0 Å². The third kappa shape index (κ3) is 4.36. The van der Waals surface area contributed by atoms with Crippen molar-refractivity contribution in [3.05, 3.63) is 34.3 Å². The van der Waals surface area contributed by atoms with E-state index < -0.39 is 0 Å². The summed E-state index contributed by atoms with van der Waals surface area (Å²) in [6.07, 6.45) is 3.16. The maximum atomic E-state index is 12.6. The molecule has 130 valence electrons. The van der Waals surface area contributed by atoms with Gasteiger partial charge in [0.25, 0.3) is 5.91 Å². The molecule has 0 N–H and O–H groups in total. The van der Waals surface area contributed by atoms with Gasteiger partial charge in [0.1, 0.15) is 0 Å². The first-order chi connectivity index (χ1) is 11.6. The van der Waals surface area contributed by atoms with E-state index in [0.29, 0.717) is 13.1 Å². The van der Waals surface area contributed by atoms with Crippen LogP contribution in [-0.4, -0.2) is 72.3 Å². The fourth-order valence-electron chi connectivity index (χ4n) is 3.36. The lowest BCUT2D eigenvalue weighted by atomic mass is 10.2. The lowest BCUT2D eigenvalue weighted by Gasteiger charge is -2.24. The van der Waals surface area contributed by atoms with Crippen molar-refractivity contribution in [1.29, 1.82) is 0 Å². The number of amides is 2. The van der Waals surface area contributed by atoms with Crippen molar-refractivity contribution in [2.45, 2.75) is 19.3 Å². The molecular formula is C18H24BrN3O2. The predicted octanol–water partition coefficient (Wildman–Crippen LogP) is 2.22. The van der Waals surface area contributed by atoms with Gasteiger partial charge in [0.15, 0.2) is 0 Å². The summed E-state index contributed by atoms with van der Waals surface area (Å²) >= 11 is 3.39. The smallest absolute Gasteiger partial charge is 0.253 e. The summed E-state index contributed by atoms with van der Waals surface area (Å²) in [5, 5.41) is 0. The summed E-state index contributed by atoms with van der Waals surface area (Å²) in [7, 11) is 0. The average molecular weight is 394 g/mol. The van der Waals surface area contributed by atoms with Crippen molar-refractivity contribution >= 4 is 27.7 Å². The Hall–Kier alpha value is -1.40. The molecule has 1 aromatic rings. The van der Waals surface area contributed by atoms with Crippen LogP contribution in [0.2, 0.25) is 0 Å². The van der Waals surface area contributed by atoms with Gasteiger partial charge in [-0.3, -0.25) is 14.5 Å². The first kappa shape index (κ1) is 17.4. The van der Waals surface area contributed by atoms with Gasteiger partial charge in [-0.05, 0) is 43.5 Å². The first-order valence-electron chi connectivity index (χ1n) is 8.68. The number of nitrogens with zero attached hydrogens (tertiary/aromatic N) is 3. The molecule has 2 heterocycles. The zero-order valence-electron chi connectivity index (χ0n) is 13.9. The molecular weight excluding hydrogens is 370 g/mol. The molecule has 6 heteroatoms. The van der Waals surface area contributed by atoms with E-state index in [1.54, 1.807) is 0 Å². The van der Waals surface area contributed by atoms with Crippen LogP contribution in [0, 0.1) is 0 Å². The second kappa shape index (κ2) is 8.12. The quantitative estimate of drug-likeness (QED) is 0.790. The number of likely N-dealkylation sites (tertiary alicyclic amines) is 1. The Morgan fingerprint density at radius 1 is 0.833 bits per heavy atom. The number of hydrogen-bond donors (Lipinski definition) is 0. The SMILES string of the molecule is O=C(CN1CCCN(C(=O)c2ccc(Br)cc2)CC1)N1CCCC1. The Balaban J connectivity index is 1.53. The Kier molecular flexibility index (Phi) is 5.89. The van der Waals surface area contributed by atoms with Crippen LogP contribution in [0.3, 0.4) is 0 Å². The molecule has 0 bridgehead atoms. The van der Waals surface area contributed by atoms with Crippen LogP contribution in [0.25, 0.3) is 0 Å². The van der Waals surface area contributed by atoms with E-state index in [2.05, 4.69) is 20.8 Å². The molecule has 2 saturated heterocycles. The molecule has 0 saturated carbocycles. The van der Waals surface area contributed by atoms with E-state index in [1.165, 1.54) is 0 Å². The minimum absolute atomic E-state index is 0.0789. The molecule has 5 nitrogen and oxygen atoms in total. The van der Waals surface area contributed by atoms with Crippen molar-refractivity contribution in [2.24, 2.45) is 0 Å². The second-order valence-corrected chi connectivity index (χ2v) is 7.43. The van der Waals surface area contributed by atoms with Crippen LogP contribution in [-0.2, 0) is 4.79 Å². The fourth-order valence-corrected chi connectivity index (χ4v) is 3.63. The lowest BCUT2D eigenvalue weighted by Crippen LogP contribution is -2.41. The fraction of sp³-hybridized carbons (Fsp3) is 0.556. The molecule has 2 aliphatic rings. The molecule has 1 aromatic carbocycles.